The smallest absolute Gasteiger partial charge is 0.385 e. The van der Waals surface area contributed by atoms with Gasteiger partial charge < -0.3 is 11.5 Å². The summed E-state index contributed by atoms with van der Waals surface area (Å²) in [6.45, 7) is 0. The predicted molar refractivity (Wildman–Crippen MR) is 48.0 cm³/mol. The number of nitrogens with zero attached hydrogens (tertiary/aromatic N) is 4. The van der Waals surface area contributed by atoms with Crippen molar-refractivity contribution in [3.8, 4) is 0 Å². The summed E-state index contributed by atoms with van der Waals surface area (Å²) in [6.07, 6.45) is -4.62. The molecule has 9 heteroatoms. The summed E-state index contributed by atoms with van der Waals surface area (Å²) in [6, 6.07) is -1.06. The number of halogens is 3. The fraction of sp³-hybridized carbons (Fsp3) is 0.333. The second-order valence-corrected chi connectivity index (χ2v) is 2.83. The molecule has 0 fully saturated rings. The van der Waals surface area contributed by atoms with Gasteiger partial charge in [0.2, 0.25) is 11.8 Å². The number of rotatable bonds is 0. The molecule has 2 aliphatic rings. The first kappa shape index (κ1) is 9.62. The van der Waals surface area contributed by atoms with Gasteiger partial charge in [0, 0.05) is 0 Å². The Hall–Kier alpha value is -1.93. The average Bonchev–Trinajstić information content (AvgIpc) is 2.46. The minimum Gasteiger partial charge on any atom is -0.385 e. The van der Waals surface area contributed by atoms with Gasteiger partial charge in [-0.15, -0.1) is 0 Å². The van der Waals surface area contributed by atoms with E-state index < -0.39 is 18.1 Å². The maximum absolute atomic E-state index is 12.2. The number of fused-ring (bicyclic) bond motifs is 1. The highest BCUT2D eigenvalue weighted by Gasteiger charge is 2.42. The molecule has 6 nitrogen and oxygen atoms in total. The molecule has 0 radical (unpaired) electrons. The van der Waals surface area contributed by atoms with Crippen molar-refractivity contribution in [2.24, 2.45) is 31.4 Å². The molecule has 2 rings (SSSR count). The van der Waals surface area contributed by atoms with Crippen LogP contribution in [0.4, 0.5) is 13.2 Å². The largest absolute Gasteiger partial charge is 0.451 e. The Labute approximate surface area is 81.3 Å². The van der Waals surface area contributed by atoms with Crippen molar-refractivity contribution < 1.29 is 13.2 Å². The van der Waals surface area contributed by atoms with E-state index in [9.17, 15) is 13.2 Å². The van der Waals surface area contributed by atoms with E-state index >= 15 is 0 Å². The van der Waals surface area contributed by atoms with Crippen molar-refractivity contribution in [2.45, 2.75) is 12.2 Å². The van der Waals surface area contributed by atoms with Crippen LogP contribution in [0.15, 0.2) is 20.0 Å². The van der Waals surface area contributed by atoms with E-state index in [-0.39, 0.29) is 17.6 Å². The third-order valence-electron chi connectivity index (χ3n) is 1.72. The van der Waals surface area contributed by atoms with Crippen LogP contribution in [0.2, 0.25) is 0 Å². The van der Waals surface area contributed by atoms with Gasteiger partial charge in [0.1, 0.15) is 5.84 Å². The molecule has 15 heavy (non-hydrogen) atoms. The average molecular weight is 218 g/mol. The summed E-state index contributed by atoms with van der Waals surface area (Å²) in [4.78, 5) is 13.5. The van der Waals surface area contributed by atoms with E-state index in [1.807, 2.05) is 0 Å². The van der Waals surface area contributed by atoms with Crippen LogP contribution in [0.5, 0.6) is 0 Å². The molecule has 0 amide bonds. The predicted octanol–water partition coefficient (Wildman–Crippen LogP) is -0.587. The molecule has 0 saturated heterocycles. The summed E-state index contributed by atoms with van der Waals surface area (Å²) < 4.78 is 36.7. The first-order valence-corrected chi connectivity index (χ1v) is 3.80. The summed E-state index contributed by atoms with van der Waals surface area (Å²) >= 11 is 0. The van der Waals surface area contributed by atoms with Gasteiger partial charge in [-0.3, -0.25) is 0 Å². The molecule has 1 unspecified atom stereocenters. The maximum Gasteiger partial charge on any atom is 0.451 e. The topological polar surface area (TPSA) is 101 Å². The molecule has 0 aromatic heterocycles. The monoisotopic (exact) mass is 218 g/mol. The normalized spacial score (nSPS) is 25.1. The van der Waals surface area contributed by atoms with Crippen molar-refractivity contribution in [1.82, 2.24) is 0 Å². The molecule has 0 aliphatic carbocycles. The molecule has 0 saturated carbocycles. The zero-order valence-electron chi connectivity index (χ0n) is 7.15. The van der Waals surface area contributed by atoms with Gasteiger partial charge >= 0.3 is 6.18 Å². The van der Waals surface area contributed by atoms with Crippen molar-refractivity contribution in [3.63, 3.8) is 0 Å². The molecule has 0 bridgehead atoms. The summed E-state index contributed by atoms with van der Waals surface area (Å²) in [5.41, 5.74) is 10.6. The number of aliphatic imine (C=N–C) groups is 4. The van der Waals surface area contributed by atoms with Gasteiger partial charge in [-0.25, -0.2) is 9.98 Å². The van der Waals surface area contributed by atoms with Crippen LogP contribution in [0.3, 0.4) is 0 Å². The minimum absolute atomic E-state index is 0.138. The SMILES string of the molecule is NC1=NC2=NC(C(F)(F)F)=NC2C(N)=N1. The molecule has 80 valence electrons. The van der Waals surface area contributed by atoms with Gasteiger partial charge in [-0.2, -0.15) is 23.2 Å². The fourth-order valence-corrected chi connectivity index (χ4v) is 1.14. The van der Waals surface area contributed by atoms with Crippen LogP contribution in [-0.2, 0) is 0 Å². The lowest BCUT2D eigenvalue weighted by Gasteiger charge is -2.10. The first-order valence-electron chi connectivity index (χ1n) is 3.80. The highest BCUT2D eigenvalue weighted by molar-refractivity contribution is 6.24. The highest BCUT2D eigenvalue weighted by Crippen LogP contribution is 2.24. The Morgan fingerprint density at radius 2 is 1.73 bits per heavy atom. The van der Waals surface area contributed by atoms with Gasteiger partial charge in [-0.05, 0) is 0 Å². The highest BCUT2D eigenvalue weighted by atomic mass is 19.4. The Bertz CT molecular complexity index is 429. The van der Waals surface area contributed by atoms with Gasteiger partial charge in [0.15, 0.2) is 11.9 Å². The summed E-state index contributed by atoms with van der Waals surface area (Å²) in [7, 11) is 0. The van der Waals surface area contributed by atoms with Crippen LogP contribution in [-0.4, -0.2) is 35.7 Å². The molecule has 1 atom stereocenters. The lowest BCUT2D eigenvalue weighted by Crippen LogP contribution is -2.38. The van der Waals surface area contributed by atoms with E-state index in [1.54, 1.807) is 0 Å². The second-order valence-electron chi connectivity index (χ2n) is 2.83. The summed E-state index contributed by atoms with van der Waals surface area (Å²) in [5.74, 6) is -1.80. The van der Waals surface area contributed by atoms with Crippen LogP contribution in [0, 0.1) is 0 Å². The Kier molecular flexibility index (Phi) is 1.78. The Morgan fingerprint density at radius 1 is 1.07 bits per heavy atom. The molecule has 0 aromatic rings. The van der Waals surface area contributed by atoms with Crippen LogP contribution >= 0.6 is 0 Å². The number of alkyl halides is 3. The minimum atomic E-state index is -4.62. The van der Waals surface area contributed by atoms with Crippen LogP contribution in [0.25, 0.3) is 0 Å². The second kappa shape index (κ2) is 2.78. The molecule has 2 heterocycles. The third-order valence-corrected chi connectivity index (χ3v) is 1.72. The fourth-order valence-electron chi connectivity index (χ4n) is 1.14. The van der Waals surface area contributed by atoms with E-state index in [0.29, 0.717) is 0 Å². The maximum atomic E-state index is 12.2. The number of nitrogens with two attached hydrogens (primary N) is 2. The molecule has 0 aromatic carbocycles. The quantitative estimate of drug-likeness (QED) is 0.567. The van der Waals surface area contributed by atoms with Crippen molar-refractivity contribution in [1.29, 1.82) is 0 Å². The van der Waals surface area contributed by atoms with E-state index in [0.717, 1.165) is 0 Å². The molecule has 0 spiro atoms. The van der Waals surface area contributed by atoms with Crippen molar-refractivity contribution in [3.05, 3.63) is 0 Å². The zero-order chi connectivity index (χ0) is 11.2. The standard InChI is InChI=1S/C6H5F3N6/c7-6(8,9)4-12-1-2(10)13-5(11)15-3(1)14-4/h1H,(H4,10,11,12,13,14,15). The van der Waals surface area contributed by atoms with E-state index in [2.05, 4.69) is 20.0 Å². The number of hydrogen-bond acceptors (Lipinski definition) is 6. The first-order chi connectivity index (χ1) is 6.88. The van der Waals surface area contributed by atoms with Crippen molar-refractivity contribution in [2.75, 3.05) is 0 Å². The number of hydrogen-bond donors (Lipinski definition) is 2. The van der Waals surface area contributed by atoms with E-state index in [1.165, 1.54) is 0 Å². The molecule has 4 N–H and O–H groups in total. The van der Waals surface area contributed by atoms with Gasteiger partial charge in [0.25, 0.3) is 0 Å². The van der Waals surface area contributed by atoms with E-state index in [4.69, 9.17) is 11.5 Å². The molecular weight excluding hydrogens is 213 g/mol. The zero-order valence-corrected chi connectivity index (χ0v) is 7.15. The lowest BCUT2D eigenvalue weighted by molar-refractivity contribution is -0.0596. The Morgan fingerprint density at radius 3 is 2.33 bits per heavy atom. The van der Waals surface area contributed by atoms with Crippen LogP contribution in [0.1, 0.15) is 0 Å². The van der Waals surface area contributed by atoms with Crippen molar-refractivity contribution >= 4 is 23.5 Å². The van der Waals surface area contributed by atoms with Gasteiger partial charge in [0.05, 0.1) is 0 Å². The van der Waals surface area contributed by atoms with Gasteiger partial charge in [-0.1, -0.05) is 0 Å². The lowest BCUT2D eigenvalue weighted by atomic mass is 10.2. The number of amidine groups is 3. The summed E-state index contributed by atoms with van der Waals surface area (Å²) in [5, 5.41) is 0. The number of guanidine groups is 1. The van der Waals surface area contributed by atoms with Crippen LogP contribution < -0.4 is 11.5 Å². The molecular formula is C6H5F3N6. The molecule has 2 aliphatic heterocycles. The third kappa shape index (κ3) is 1.55. The Balaban J connectivity index is 2.41.